The van der Waals surface area contributed by atoms with Gasteiger partial charge >= 0.3 is 11.9 Å². The molecule has 0 saturated heterocycles. The zero-order valence-electron chi connectivity index (χ0n) is 9.75. The van der Waals surface area contributed by atoms with Gasteiger partial charge in [-0.05, 0) is 6.07 Å². The minimum atomic E-state index is -1.45. The van der Waals surface area contributed by atoms with Gasteiger partial charge in [0.1, 0.15) is 11.3 Å². The highest BCUT2D eigenvalue weighted by Gasteiger charge is 2.21. The van der Waals surface area contributed by atoms with Crippen LogP contribution in [-0.4, -0.2) is 22.0 Å². The number of aromatic carboxylic acids is 1. The Labute approximate surface area is 102 Å². The topological polar surface area (TPSA) is 107 Å². The Morgan fingerprint density at radius 3 is 2.44 bits per heavy atom. The van der Waals surface area contributed by atoms with E-state index in [4.69, 9.17) is 9.84 Å². The predicted octanol–water partition coefficient (Wildman–Crippen LogP) is 1.85. The molecule has 7 nitrogen and oxygen atoms in total. The molecule has 1 N–H and O–H groups in total. The van der Waals surface area contributed by atoms with E-state index in [1.165, 1.54) is 6.07 Å². The number of carboxylic acid groups (broad SMARTS) is 1. The maximum absolute atomic E-state index is 11.3. The average molecular weight is 253 g/mol. The molecular weight excluding hydrogens is 242 g/mol. The van der Waals surface area contributed by atoms with Gasteiger partial charge in [0, 0.05) is 12.1 Å². The van der Waals surface area contributed by atoms with E-state index >= 15 is 0 Å². The Balaban J connectivity index is 3.12. The molecule has 0 fully saturated rings. The molecule has 0 saturated carbocycles. The van der Waals surface area contributed by atoms with E-state index < -0.39 is 28.1 Å². The van der Waals surface area contributed by atoms with Crippen molar-refractivity contribution in [2.75, 3.05) is 0 Å². The molecule has 0 atom stereocenters. The van der Waals surface area contributed by atoms with Crippen molar-refractivity contribution in [3.8, 4) is 5.75 Å². The predicted molar refractivity (Wildman–Crippen MR) is 60.5 cm³/mol. The largest absolute Gasteiger partial charge is 0.477 e. The number of nitro benzene ring substituents is 1. The van der Waals surface area contributed by atoms with Crippen molar-refractivity contribution in [1.29, 1.82) is 0 Å². The fourth-order valence-electron chi connectivity index (χ4n) is 1.14. The number of hydrogen-bond acceptors (Lipinski definition) is 5. The molecule has 1 aromatic carbocycles. The first-order valence-electron chi connectivity index (χ1n) is 5.06. The van der Waals surface area contributed by atoms with Crippen LogP contribution in [0.3, 0.4) is 0 Å². The van der Waals surface area contributed by atoms with Gasteiger partial charge in [0.05, 0.1) is 10.8 Å². The number of carboxylic acids is 1. The molecule has 0 radical (unpaired) electrons. The Kier molecular flexibility index (Phi) is 3.98. The molecular formula is C11H11NO6. The molecule has 0 unspecified atom stereocenters. The van der Waals surface area contributed by atoms with Crippen molar-refractivity contribution in [2.24, 2.45) is 5.92 Å². The zero-order chi connectivity index (χ0) is 13.9. The first-order valence-corrected chi connectivity index (χ1v) is 5.06. The normalized spacial score (nSPS) is 10.2. The van der Waals surface area contributed by atoms with Gasteiger partial charge < -0.3 is 9.84 Å². The molecule has 0 bridgehead atoms. The highest BCUT2D eigenvalue weighted by molar-refractivity contribution is 5.93. The second-order valence-electron chi connectivity index (χ2n) is 3.82. The van der Waals surface area contributed by atoms with Crippen LogP contribution in [0.15, 0.2) is 18.2 Å². The van der Waals surface area contributed by atoms with E-state index in [1.54, 1.807) is 13.8 Å². The van der Waals surface area contributed by atoms with Crippen LogP contribution in [0.25, 0.3) is 0 Å². The highest BCUT2D eigenvalue weighted by atomic mass is 16.6. The lowest BCUT2D eigenvalue weighted by Gasteiger charge is -2.07. The van der Waals surface area contributed by atoms with Crippen LogP contribution in [0.2, 0.25) is 0 Å². The fraction of sp³-hybridized carbons (Fsp3) is 0.273. The minimum absolute atomic E-state index is 0.0308. The molecule has 0 spiro atoms. The van der Waals surface area contributed by atoms with E-state index in [9.17, 15) is 19.7 Å². The standard InChI is InChI=1S/C11H11NO6/c1-6(2)11(15)18-7-3-4-9(12(16)17)8(5-7)10(13)14/h3-6H,1-2H3,(H,13,14). The summed E-state index contributed by atoms with van der Waals surface area (Å²) in [5.41, 5.74) is -1.07. The Hall–Kier alpha value is -2.44. The number of esters is 1. The summed E-state index contributed by atoms with van der Waals surface area (Å²) in [6.07, 6.45) is 0. The first kappa shape index (κ1) is 13.6. The SMILES string of the molecule is CC(C)C(=O)Oc1ccc([N+](=O)[O-])c(C(=O)O)c1. The Morgan fingerprint density at radius 2 is 2.00 bits per heavy atom. The third-order valence-electron chi connectivity index (χ3n) is 2.08. The van der Waals surface area contributed by atoms with Gasteiger partial charge in [-0.3, -0.25) is 14.9 Å². The van der Waals surface area contributed by atoms with Crippen LogP contribution in [-0.2, 0) is 4.79 Å². The summed E-state index contributed by atoms with van der Waals surface area (Å²) in [6, 6.07) is 3.14. The van der Waals surface area contributed by atoms with Gasteiger partial charge in [-0.25, -0.2) is 4.79 Å². The van der Waals surface area contributed by atoms with Crippen LogP contribution in [0.1, 0.15) is 24.2 Å². The van der Waals surface area contributed by atoms with Crippen LogP contribution in [0, 0.1) is 16.0 Å². The van der Waals surface area contributed by atoms with Crippen LogP contribution < -0.4 is 4.74 Å². The van der Waals surface area contributed by atoms with Crippen LogP contribution in [0.4, 0.5) is 5.69 Å². The number of nitrogens with zero attached hydrogens (tertiary/aromatic N) is 1. The van der Waals surface area contributed by atoms with Crippen molar-refractivity contribution in [2.45, 2.75) is 13.8 Å². The molecule has 0 amide bonds. The highest BCUT2D eigenvalue weighted by Crippen LogP contribution is 2.24. The lowest BCUT2D eigenvalue weighted by Crippen LogP contribution is -2.15. The maximum atomic E-state index is 11.3. The molecule has 96 valence electrons. The average Bonchev–Trinajstić information content (AvgIpc) is 2.28. The molecule has 18 heavy (non-hydrogen) atoms. The number of nitro groups is 1. The van der Waals surface area contributed by atoms with Crippen LogP contribution in [0.5, 0.6) is 5.75 Å². The summed E-state index contributed by atoms with van der Waals surface area (Å²) < 4.78 is 4.88. The smallest absolute Gasteiger partial charge is 0.342 e. The monoisotopic (exact) mass is 253 g/mol. The second-order valence-corrected chi connectivity index (χ2v) is 3.82. The van der Waals surface area contributed by atoms with E-state index in [-0.39, 0.29) is 11.7 Å². The minimum Gasteiger partial charge on any atom is -0.477 e. The molecule has 7 heteroatoms. The first-order chi connectivity index (χ1) is 8.32. The van der Waals surface area contributed by atoms with Gasteiger partial charge in [0.2, 0.25) is 0 Å². The Bertz CT molecular complexity index is 508. The summed E-state index contributed by atoms with van der Waals surface area (Å²) in [7, 11) is 0. The summed E-state index contributed by atoms with van der Waals surface area (Å²) in [4.78, 5) is 32.0. The molecule has 1 aromatic rings. The molecule has 0 aliphatic rings. The third kappa shape index (κ3) is 3.03. The maximum Gasteiger partial charge on any atom is 0.342 e. The number of carbonyl (C=O) groups excluding carboxylic acids is 1. The number of hydrogen-bond donors (Lipinski definition) is 1. The van der Waals surface area contributed by atoms with Gasteiger partial charge in [0.15, 0.2) is 0 Å². The van der Waals surface area contributed by atoms with E-state index in [0.717, 1.165) is 12.1 Å². The summed E-state index contributed by atoms with van der Waals surface area (Å²) in [5.74, 6) is -2.41. The van der Waals surface area contributed by atoms with Crippen LogP contribution >= 0.6 is 0 Å². The lowest BCUT2D eigenvalue weighted by molar-refractivity contribution is -0.385. The summed E-state index contributed by atoms with van der Waals surface area (Å²) >= 11 is 0. The summed E-state index contributed by atoms with van der Waals surface area (Å²) in [6.45, 7) is 3.23. The number of carbonyl (C=O) groups is 2. The number of rotatable bonds is 4. The second kappa shape index (κ2) is 5.26. The number of ether oxygens (including phenoxy) is 1. The molecule has 0 heterocycles. The van der Waals surface area contributed by atoms with E-state index in [2.05, 4.69) is 0 Å². The van der Waals surface area contributed by atoms with Crippen molar-refractivity contribution >= 4 is 17.6 Å². The van der Waals surface area contributed by atoms with Crippen molar-refractivity contribution < 1.29 is 24.4 Å². The van der Waals surface area contributed by atoms with E-state index in [1.807, 2.05) is 0 Å². The van der Waals surface area contributed by atoms with Crippen molar-refractivity contribution in [3.63, 3.8) is 0 Å². The van der Waals surface area contributed by atoms with Crippen molar-refractivity contribution in [1.82, 2.24) is 0 Å². The molecule has 0 aliphatic carbocycles. The van der Waals surface area contributed by atoms with Gasteiger partial charge in [0.25, 0.3) is 5.69 Å². The molecule has 1 rings (SSSR count). The number of benzene rings is 1. The summed E-state index contributed by atoms with van der Waals surface area (Å²) in [5, 5.41) is 19.4. The lowest BCUT2D eigenvalue weighted by atomic mass is 10.1. The van der Waals surface area contributed by atoms with E-state index in [0.29, 0.717) is 0 Å². The quantitative estimate of drug-likeness (QED) is 0.380. The zero-order valence-corrected chi connectivity index (χ0v) is 9.75. The van der Waals surface area contributed by atoms with Gasteiger partial charge in [-0.1, -0.05) is 13.8 Å². The Morgan fingerprint density at radius 1 is 1.39 bits per heavy atom. The third-order valence-corrected chi connectivity index (χ3v) is 2.08. The van der Waals surface area contributed by atoms with Gasteiger partial charge in [-0.15, -0.1) is 0 Å². The van der Waals surface area contributed by atoms with Gasteiger partial charge in [-0.2, -0.15) is 0 Å². The fourth-order valence-corrected chi connectivity index (χ4v) is 1.14. The molecule has 0 aliphatic heterocycles. The van der Waals surface area contributed by atoms with Crippen molar-refractivity contribution in [3.05, 3.63) is 33.9 Å². The molecule has 0 aromatic heterocycles.